The molecular formula is C18H18BrN3O2S. The van der Waals surface area contributed by atoms with Crippen LogP contribution in [-0.2, 0) is 9.84 Å². The predicted octanol–water partition coefficient (Wildman–Crippen LogP) is 3.17. The third kappa shape index (κ3) is 2.96. The third-order valence-corrected chi connectivity index (χ3v) is 7.02. The Balaban J connectivity index is 1.71. The topological polar surface area (TPSA) is 65.2 Å². The Morgan fingerprint density at radius 3 is 2.44 bits per heavy atom. The smallest absolute Gasteiger partial charge is 0.208 e. The van der Waals surface area contributed by atoms with E-state index in [0.717, 1.165) is 41.9 Å². The van der Waals surface area contributed by atoms with Crippen molar-refractivity contribution in [2.45, 2.75) is 9.79 Å². The molecule has 7 heteroatoms. The highest BCUT2D eigenvalue weighted by Gasteiger charge is 2.22. The summed E-state index contributed by atoms with van der Waals surface area (Å²) >= 11 is 3.45. The Morgan fingerprint density at radius 2 is 1.72 bits per heavy atom. The van der Waals surface area contributed by atoms with Crippen molar-refractivity contribution in [3.63, 3.8) is 0 Å². The summed E-state index contributed by atoms with van der Waals surface area (Å²) in [7, 11) is -3.57. The van der Waals surface area contributed by atoms with Crippen LogP contribution in [-0.4, -0.2) is 39.6 Å². The summed E-state index contributed by atoms with van der Waals surface area (Å²) in [5.74, 6) is 0. The van der Waals surface area contributed by atoms with Crippen molar-refractivity contribution in [2.24, 2.45) is 0 Å². The summed E-state index contributed by atoms with van der Waals surface area (Å²) in [5.41, 5.74) is 1.85. The van der Waals surface area contributed by atoms with Crippen LogP contribution < -0.4 is 10.2 Å². The van der Waals surface area contributed by atoms with Crippen LogP contribution in [0.5, 0.6) is 0 Å². The first-order chi connectivity index (χ1) is 12.1. The molecule has 25 heavy (non-hydrogen) atoms. The summed E-state index contributed by atoms with van der Waals surface area (Å²) in [6.45, 7) is 3.76. The molecule has 2 heterocycles. The molecule has 130 valence electrons. The number of rotatable bonds is 3. The van der Waals surface area contributed by atoms with Gasteiger partial charge in [-0.1, -0.05) is 12.1 Å². The Bertz CT molecular complexity index is 1010. The highest BCUT2D eigenvalue weighted by molar-refractivity contribution is 9.10. The number of anilines is 1. The summed E-state index contributed by atoms with van der Waals surface area (Å²) in [6, 6.07) is 12.7. The Labute approximate surface area is 155 Å². The molecule has 1 saturated heterocycles. The van der Waals surface area contributed by atoms with Gasteiger partial charge in [-0.3, -0.25) is 0 Å². The first kappa shape index (κ1) is 16.6. The van der Waals surface area contributed by atoms with E-state index in [1.807, 2.05) is 30.3 Å². The molecule has 1 aromatic heterocycles. The molecule has 0 amide bonds. The molecule has 0 spiro atoms. The summed E-state index contributed by atoms with van der Waals surface area (Å²) < 4.78 is 26.9. The Kier molecular flexibility index (Phi) is 4.31. The van der Waals surface area contributed by atoms with Crippen LogP contribution in [0.4, 0.5) is 5.69 Å². The van der Waals surface area contributed by atoms with E-state index >= 15 is 0 Å². The first-order valence-electron chi connectivity index (χ1n) is 8.14. The van der Waals surface area contributed by atoms with Crippen molar-refractivity contribution in [2.75, 3.05) is 31.1 Å². The molecule has 0 aliphatic carbocycles. The number of nitrogens with zero attached hydrogens (tertiary/aromatic N) is 1. The van der Waals surface area contributed by atoms with Crippen molar-refractivity contribution in [1.82, 2.24) is 10.3 Å². The monoisotopic (exact) mass is 419 g/mol. The van der Waals surface area contributed by atoms with Crippen molar-refractivity contribution in [3.8, 4) is 0 Å². The molecule has 1 aliphatic rings. The van der Waals surface area contributed by atoms with E-state index < -0.39 is 9.84 Å². The average Bonchev–Trinajstić information content (AvgIpc) is 3.09. The van der Waals surface area contributed by atoms with E-state index in [9.17, 15) is 8.42 Å². The van der Waals surface area contributed by atoms with E-state index in [1.165, 1.54) is 0 Å². The molecule has 1 fully saturated rings. The predicted molar refractivity (Wildman–Crippen MR) is 103 cm³/mol. The van der Waals surface area contributed by atoms with Gasteiger partial charge in [-0.25, -0.2) is 8.42 Å². The normalized spacial score (nSPS) is 15.6. The molecule has 0 unspecified atom stereocenters. The molecule has 0 radical (unpaired) electrons. The molecule has 0 saturated carbocycles. The number of fused-ring (bicyclic) bond motifs is 1. The van der Waals surface area contributed by atoms with Crippen LogP contribution >= 0.6 is 15.9 Å². The van der Waals surface area contributed by atoms with Crippen molar-refractivity contribution in [3.05, 3.63) is 53.1 Å². The van der Waals surface area contributed by atoms with Gasteiger partial charge in [-0.05, 0) is 46.3 Å². The lowest BCUT2D eigenvalue weighted by Crippen LogP contribution is -2.43. The summed E-state index contributed by atoms with van der Waals surface area (Å²) in [6.07, 6.45) is 1.56. The van der Waals surface area contributed by atoms with E-state index in [1.54, 1.807) is 18.3 Å². The molecule has 4 rings (SSSR count). The number of piperazine rings is 1. The second kappa shape index (κ2) is 6.48. The lowest BCUT2D eigenvalue weighted by Gasteiger charge is -2.29. The van der Waals surface area contributed by atoms with Crippen LogP contribution in [0.3, 0.4) is 0 Å². The zero-order chi connectivity index (χ0) is 17.4. The second-order valence-corrected chi connectivity index (χ2v) is 8.82. The number of halogens is 1. The number of nitrogens with one attached hydrogen (secondary N) is 2. The fourth-order valence-electron chi connectivity index (χ4n) is 3.20. The van der Waals surface area contributed by atoms with Gasteiger partial charge in [0.15, 0.2) is 0 Å². The molecule has 1 aliphatic heterocycles. The van der Waals surface area contributed by atoms with Crippen LogP contribution in [0.1, 0.15) is 0 Å². The Morgan fingerprint density at radius 1 is 1.00 bits per heavy atom. The van der Waals surface area contributed by atoms with Gasteiger partial charge in [0.25, 0.3) is 0 Å². The third-order valence-electron chi connectivity index (χ3n) is 4.55. The minimum atomic E-state index is -3.57. The number of aromatic nitrogens is 1. The standard InChI is InChI=1S/C18H18BrN3O2S/c19-16-3-1-2-15-17(12-21-18(15)16)25(23,24)14-6-4-13(5-7-14)22-10-8-20-9-11-22/h1-7,12,20-21H,8-11H2. The minimum absolute atomic E-state index is 0.304. The summed E-state index contributed by atoms with van der Waals surface area (Å²) in [4.78, 5) is 5.93. The van der Waals surface area contributed by atoms with E-state index in [4.69, 9.17) is 0 Å². The number of hydrogen-bond acceptors (Lipinski definition) is 4. The van der Waals surface area contributed by atoms with Crippen LogP contribution in [0.15, 0.2) is 62.9 Å². The molecule has 2 aromatic carbocycles. The van der Waals surface area contributed by atoms with E-state index in [2.05, 4.69) is 31.1 Å². The maximum absolute atomic E-state index is 13.0. The zero-order valence-electron chi connectivity index (χ0n) is 13.5. The largest absolute Gasteiger partial charge is 0.369 e. The van der Waals surface area contributed by atoms with Crippen molar-refractivity contribution in [1.29, 1.82) is 0 Å². The lowest BCUT2D eigenvalue weighted by molar-refractivity contribution is 0.588. The molecule has 3 aromatic rings. The van der Waals surface area contributed by atoms with Crippen LogP contribution in [0, 0.1) is 0 Å². The molecule has 0 bridgehead atoms. The van der Waals surface area contributed by atoms with Gasteiger partial charge in [0.05, 0.1) is 15.3 Å². The van der Waals surface area contributed by atoms with Gasteiger partial charge in [0.1, 0.15) is 0 Å². The maximum Gasteiger partial charge on any atom is 0.208 e. The fraction of sp³-hybridized carbons (Fsp3) is 0.222. The number of benzene rings is 2. The fourth-order valence-corrected chi connectivity index (χ4v) is 5.10. The molecule has 5 nitrogen and oxygen atoms in total. The van der Waals surface area contributed by atoms with Gasteiger partial charge < -0.3 is 15.2 Å². The highest BCUT2D eigenvalue weighted by atomic mass is 79.9. The van der Waals surface area contributed by atoms with Crippen LogP contribution in [0.2, 0.25) is 0 Å². The maximum atomic E-state index is 13.0. The van der Waals surface area contributed by atoms with Gasteiger partial charge in [-0.15, -0.1) is 0 Å². The van der Waals surface area contributed by atoms with Gasteiger partial charge in [0.2, 0.25) is 9.84 Å². The van der Waals surface area contributed by atoms with Gasteiger partial charge in [0, 0.05) is 47.9 Å². The quantitative estimate of drug-likeness (QED) is 0.683. The summed E-state index contributed by atoms with van der Waals surface area (Å²) in [5, 5.41) is 4.01. The van der Waals surface area contributed by atoms with E-state index in [-0.39, 0.29) is 0 Å². The SMILES string of the molecule is O=S(=O)(c1ccc(N2CCNCC2)cc1)c1c[nH]c2c(Br)cccc12. The van der Waals surface area contributed by atoms with Crippen molar-refractivity contribution >= 4 is 42.4 Å². The number of hydrogen-bond donors (Lipinski definition) is 2. The van der Waals surface area contributed by atoms with E-state index in [0.29, 0.717) is 15.2 Å². The number of aromatic amines is 1. The minimum Gasteiger partial charge on any atom is -0.369 e. The second-order valence-electron chi connectivity index (χ2n) is 6.05. The molecule has 0 atom stereocenters. The number of para-hydroxylation sites is 1. The van der Waals surface area contributed by atoms with Crippen LogP contribution in [0.25, 0.3) is 10.9 Å². The molecular weight excluding hydrogens is 402 g/mol. The first-order valence-corrected chi connectivity index (χ1v) is 10.4. The average molecular weight is 420 g/mol. The lowest BCUT2D eigenvalue weighted by atomic mass is 10.2. The highest BCUT2D eigenvalue weighted by Crippen LogP contribution is 2.32. The van der Waals surface area contributed by atoms with Crippen molar-refractivity contribution < 1.29 is 8.42 Å². The Hall–Kier alpha value is -1.83. The number of sulfone groups is 1. The molecule has 2 N–H and O–H groups in total. The number of H-pyrrole nitrogens is 1. The van der Waals surface area contributed by atoms with Gasteiger partial charge >= 0.3 is 0 Å². The van der Waals surface area contributed by atoms with Gasteiger partial charge in [-0.2, -0.15) is 0 Å². The zero-order valence-corrected chi connectivity index (χ0v) is 15.9.